The Kier molecular flexibility index (Phi) is 5.26. The standard InChI is InChI=1S/C31H43NO3/c1-18-20-9-10-29(6)24(28(20,5)17-22(32-8)26(18)35)15-23(34)25-21-16-27(3,4)11-13-31(21,19(2)33)14-12-30(25,29)7/h17-18,20-21,24-25H,9-16H2,1-7H3/t18-,20-,21-,24+,25-,28-,29+,30+,31+/m0/s1. The number of carbonyl (C=O) groups excluding carboxylic acids is 3. The van der Waals surface area contributed by atoms with E-state index in [1.54, 1.807) is 6.92 Å². The van der Waals surface area contributed by atoms with E-state index in [1.165, 1.54) is 0 Å². The maximum atomic E-state index is 14.3. The third kappa shape index (κ3) is 2.99. The van der Waals surface area contributed by atoms with E-state index in [0.717, 1.165) is 44.9 Å². The number of Topliss-reactive ketones (excluding diaryl/α,β-unsaturated/α-hetero) is 3. The van der Waals surface area contributed by atoms with E-state index in [-0.39, 0.29) is 68.1 Å². The Hall–Kier alpha value is -1.76. The monoisotopic (exact) mass is 477 g/mol. The molecule has 0 heterocycles. The van der Waals surface area contributed by atoms with Gasteiger partial charge in [0.25, 0.3) is 0 Å². The predicted octanol–water partition coefficient (Wildman–Crippen LogP) is 6.84. The fourth-order valence-electron chi connectivity index (χ4n) is 10.5. The van der Waals surface area contributed by atoms with Crippen LogP contribution in [0, 0.1) is 63.2 Å². The highest BCUT2D eigenvalue weighted by Gasteiger charge is 2.71. The number of hydrogen-bond donors (Lipinski definition) is 0. The molecule has 0 saturated heterocycles. The molecule has 0 aliphatic heterocycles. The van der Waals surface area contributed by atoms with Crippen LogP contribution < -0.4 is 0 Å². The quantitative estimate of drug-likeness (QED) is 0.389. The van der Waals surface area contributed by atoms with Crippen molar-refractivity contribution in [3.05, 3.63) is 23.2 Å². The van der Waals surface area contributed by atoms with Crippen molar-refractivity contribution in [3.8, 4) is 0 Å². The second-order valence-corrected chi connectivity index (χ2v) is 14.5. The van der Waals surface area contributed by atoms with Gasteiger partial charge >= 0.3 is 0 Å². The molecule has 0 unspecified atom stereocenters. The Labute approximate surface area is 211 Å². The van der Waals surface area contributed by atoms with E-state index in [9.17, 15) is 14.4 Å². The number of allylic oxidation sites excluding steroid dienone is 2. The van der Waals surface area contributed by atoms with Gasteiger partial charge in [-0.3, -0.25) is 9.59 Å². The molecule has 0 spiro atoms. The first kappa shape index (κ1) is 24.9. The summed E-state index contributed by atoms with van der Waals surface area (Å²) in [4.78, 5) is 44.0. The Morgan fingerprint density at radius 2 is 1.63 bits per heavy atom. The lowest BCUT2D eigenvalue weighted by Gasteiger charge is -2.71. The Balaban J connectivity index is 1.64. The molecule has 190 valence electrons. The van der Waals surface area contributed by atoms with Crippen molar-refractivity contribution in [1.29, 1.82) is 0 Å². The van der Waals surface area contributed by atoms with Crippen molar-refractivity contribution in [2.75, 3.05) is 0 Å². The van der Waals surface area contributed by atoms with Gasteiger partial charge in [0, 0.05) is 23.7 Å². The first-order valence-electron chi connectivity index (χ1n) is 13.9. The number of ketones is 3. The molecule has 0 aromatic heterocycles. The normalized spacial score (nSPS) is 50.6. The second kappa shape index (κ2) is 7.39. The minimum Gasteiger partial charge on any atom is -0.308 e. The molecule has 9 atom stereocenters. The molecule has 0 amide bonds. The van der Waals surface area contributed by atoms with Crippen molar-refractivity contribution >= 4 is 17.3 Å². The minimum atomic E-state index is -0.345. The lowest BCUT2D eigenvalue weighted by molar-refractivity contribution is -0.217. The molecule has 0 radical (unpaired) electrons. The highest BCUT2D eigenvalue weighted by molar-refractivity contribution is 6.00. The summed E-state index contributed by atoms with van der Waals surface area (Å²) in [5.41, 5.74) is -0.489. The summed E-state index contributed by atoms with van der Waals surface area (Å²) in [6.07, 6.45) is 9.18. The summed E-state index contributed by atoms with van der Waals surface area (Å²) in [5, 5.41) is 0. The molecule has 4 heteroatoms. The van der Waals surface area contributed by atoms with Gasteiger partial charge in [0.15, 0.2) is 5.78 Å². The average Bonchev–Trinajstić information content (AvgIpc) is 2.77. The molecule has 0 aromatic rings. The summed E-state index contributed by atoms with van der Waals surface area (Å²) in [6.45, 7) is 23.1. The molecule has 5 aliphatic rings. The Morgan fingerprint density at radius 1 is 0.971 bits per heavy atom. The molecular formula is C31H43NO3. The molecule has 4 fully saturated rings. The average molecular weight is 478 g/mol. The van der Waals surface area contributed by atoms with Crippen LogP contribution in [-0.4, -0.2) is 17.3 Å². The zero-order valence-electron chi connectivity index (χ0n) is 22.8. The predicted molar refractivity (Wildman–Crippen MR) is 136 cm³/mol. The van der Waals surface area contributed by atoms with Crippen LogP contribution in [0.1, 0.15) is 99.8 Å². The third-order valence-corrected chi connectivity index (χ3v) is 12.8. The molecule has 35 heavy (non-hydrogen) atoms. The van der Waals surface area contributed by atoms with Crippen LogP contribution in [-0.2, 0) is 14.4 Å². The van der Waals surface area contributed by atoms with E-state index in [4.69, 9.17) is 6.57 Å². The van der Waals surface area contributed by atoms with Crippen LogP contribution >= 0.6 is 0 Å². The molecule has 5 rings (SSSR count). The van der Waals surface area contributed by atoms with Gasteiger partial charge in [-0.25, -0.2) is 4.85 Å². The van der Waals surface area contributed by atoms with Gasteiger partial charge in [-0.1, -0.05) is 47.6 Å². The minimum absolute atomic E-state index is 0.0225. The molecule has 0 bridgehead atoms. The topological polar surface area (TPSA) is 55.6 Å². The summed E-state index contributed by atoms with van der Waals surface area (Å²) in [5.74, 6) is 0.789. The maximum absolute atomic E-state index is 14.3. The lowest BCUT2D eigenvalue weighted by Crippen LogP contribution is -2.68. The van der Waals surface area contributed by atoms with E-state index in [0.29, 0.717) is 18.0 Å². The molecule has 4 nitrogen and oxygen atoms in total. The van der Waals surface area contributed by atoms with Crippen LogP contribution in [0.15, 0.2) is 11.8 Å². The number of fused-ring (bicyclic) bond motifs is 7. The van der Waals surface area contributed by atoms with Crippen molar-refractivity contribution in [1.82, 2.24) is 0 Å². The Morgan fingerprint density at radius 3 is 2.26 bits per heavy atom. The maximum Gasteiger partial charge on any atom is 0.226 e. The molecule has 5 aliphatic carbocycles. The molecule has 0 aromatic carbocycles. The van der Waals surface area contributed by atoms with Crippen LogP contribution in [0.2, 0.25) is 0 Å². The summed E-state index contributed by atoms with van der Waals surface area (Å²) in [6, 6.07) is 0. The SMILES string of the molecule is [C-]#[N+]C1=C[C@]2(C)[C@H]3CC(=O)[C@@H]4[C@@H]5CC(C)(C)CC[C@]5(C(C)=O)CC[C@@]4(C)[C@]3(C)CC[C@H]2[C@H](C)C1=O. The number of hydrogen-bond acceptors (Lipinski definition) is 3. The van der Waals surface area contributed by atoms with Gasteiger partial charge in [0.2, 0.25) is 5.70 Å². The van der Waals surface area contributed by atoms with Crippen molar-refractivity contribution < 1.29 is 14.4 Å². The Bertz CT molecular complexity index is 1080. The third-order valence-electron chi connectivity index (χ3n) is 12.8. The smallest absolute Gasteiger partial charge is 0.226 e. The van der Waals surface area contributed by atoms with Gasteiger partial charge in [-0.15, -0.1) is 0 Å². The van der Waals surface area contributed by atoms with Crippen LogP contribution in [0.4, 0.5) is 0 Å². The first-order valence-corrected chi connectivity index (χ1v) is 13.9. The van der Waals surface area contributed by atoms with E-state index in [1.807, 2.05) is 13.0 Å². The van der Waals surface area contributed by atoms with Crippen molar-refractivity contribution in [2.45, 2.75) is 99.8 Å². The van der Waals surface area contributed by atoms with Gasteiger partial charge < -0.3 is 4.79 Å². The zero-order valence-corrected chi connectivity index (χ0v) is 22.8. The van der Waals surface area contributed by atoms with Crippen LogP contribution in [0.25, 0.3) is 4.85 Å². The van der Waals surface area contributed by atoms with Gasteiger partial charge in [-0.05, 0) is 91.3 Å². The van der Waals surface area contributed by atoms with Gasteiger partial charge in [-0.2, -0.15) is 0 Å². The largest absolute Gasteiger partial charge is 0.308 e. The van der Waals surface area contributed by atoms with E-state index in [2.05, 4.69) is 39.5 Å². The highest BCUT2D eigenvalue weighted by atomic mass is 16.1. The number of carbonyl (C=O) groups is 3. The molecule has 0 N–H and O–H groups in total. The molecule has 4 saturated carbocycles. The van der Waals surface area contributed by atoms with Crippen LogP contribution in [0.3, 0.4) is 0 Å². The molecular weight excluding hydrogens is 434 g/mol. The fourth-order valence-corrected chi connectivity index (χ4v) is 10.5. The zero-order chi connectivity index (χ0) is 25.8. The lowest BCUT2D eigenvalue weighted by atomic mass is 9.32. The van der Waals surface area contributed by atoms with Gasteiger partial charge in [0.05, 0.1) is 6.57 Å². The first-order chi connectivity index (χ1) is 16.2. The summed E-state index contributed by atoms with van der Waals surface area (Å²) >= 11 is 0. The highest BCUT2D eigenvalue weighted by Crippen LogP contribution is 2.75. The number of nitrogens with zero attached hydrogens (tertiary/aromatic N) is 1. The summed E-state index contributed by atoms with van der Waals surface area (Å²) < 4.78 is 0. The second-order valence-electron chi connectivity index (χ2n) is 14.5. The van der Waals surface area contributed by atoms with E-state index < -0.39 is 0 Å². The number of rotatable bonds is 1. The van der Waals surface area contributed by atoms with Gasteiger partial charge in [0.1, 0.15) is 11.6 Å². The van der Waals surface area contributed by atoms with Crippen molar-refractivity contribution in [2.24, 2.45) is 56.7 Å². The van der Waals surface area contributed by atoms with Crippen molar-refractivity contribution in [3.63, 3.8) is 0 Å². The van der Waals surface area contributed by atoms with Crippen LogP contribution in [0.5, 0.6) is 0 Å². The van der Waals surface area contributed by atoms with E-state index >= 15 is 0 Å². The summed E-state index contributed by atoms with van der Waals surface area (Å²) in [7, 11) is 0. The fraction of sp³-hybridized carbons (Fsp3) is 0.806.